The molecule has 0 fully saturated rings. The number of thioether (sulfide) groups is 1. The van der Waals surface area contributed by atoms with E-state index in [0.717, 1.165) is 5.75 Å². The molecule has 0 aliphatic carbocycles. The predicted molar refractivity (Wildman–Crippen MR) is 53.6 cm³/mol. The van der Waals surface area contributed by atoms with Crippen LogP contribution in [0.25, 0.3) is 0 Å². The molecule has 1 rings (SSSR count). The van der Waals surface area contributed by atoms with Crippen molar-refractivity contribution in [3.8, 4) is 0 Å². The zero-order valence-corrected chi connectivity index (χ0v) is 8.36. The number of methoxy groups -OCH3 is 1. The molecule has 2 heteroatoms. The lowest BCUT2D eigenvalue weighted by molar-refractivity contribution is 0.185. The van der Waals surface area contributed by atoms with Crippen LogP contribution >= 0.6 is 11.8 Å². The summed E-state index contributed by atoms with van der Waals surface area (Å²) in [6.45, 7) is 2.87. The molecule has 0 radical (unpaired) electrons. The van der Waals surface area contributed by atoms with Crippen LogP contribution in [0.1, 0.15) is 12.5 Å². The average Bonchev–Trinajstić information content (AvgIpc) is 2.09. The molecule has 0 N–H and O–H groups in total. The number of hydrogen-bond donors (Lipinski definition) is 0. The Morgan fingerprint density at radius 3 is 2.42 bits per heavy atom. The molecule has 0 spiro atoms. The minimum absolute atomic E-state index is 0.705. The Morgan fingerprint density at radius 1 is 1.25 bits per heavy atom. The highest BCUT2D eigenvalue weighted by atomic mass is 32.2. The number of rotatable bonds is 4. The van der Waals surface area contributed by atoms with Crippen molar-refractivity contribution in [3.05, 3.63) is 29.8 Å². The van der Waals surface area contributed by atoms with Crippen LogP contribution < -0.4 is 0 Å². The molecule has 0 atom stereocenters. The van der Waals surface area contributed by atoms with Crippen LogP contribution in [0.2, 0.25) is 0 Å². The van der Waals surface area contributed by atoms with Crippen molar-refractivity contribution in [2.24, 2.45) is 0 Å². The van der Waals surface area contributed by atoms with Crippen molar-refractivity contribution in [3.63, 3.8) is 0 Å². The molecule has 0 heterocycles. The van der Waals surface area contributed by atoms with Gasteiger partial charge in [0.2, 0.25) is 0 Å². The number of ether oxygens (including phenoxy) is 1. The highest BCUT2D eigenvalue weighted by Crippen LogP contribution is 2.17. The molecule has 0 aliphatic rings. The minimum Gasteiger partial charge on any atom is -0.380 e. The first-order valence-corrected chi connectivity index (χ1v) is 5.06. The summed E-state index contributed by atoms with van der Waals surface area (Å²) in [5.74, 6) is 1.13. The zero-order valence-electron chi connectivity index (χ0n) is 7.54. The second-order valence-corrected chi connectivity index (χ2v) is 3.85. The van der Waals surface area contributed by atoms with Crippen molar-refractivity contribution in [1.29, 1.82) is 0 Å². The van der Waals surface area contributed by atoms with E-state index in [9.17, 15) is 0 Å². The third-order valence-corrected chi connectivity index (χ3v) is 2.44. The highest BCUT2D eigenvalue weighted by molar-refractivity contribution is 7.99. The van der Waals surface area contributed by atoms with Gasteiger partial charge >= 0.3 is 0 Å². The van der Waals surface area contributed by atoms with Crippen LogP contribution in [0.15, 0.2) is 29.2 Å². The fraction of sp³-hybridized carbons (Fsp3) is 0.400. The maximum absolute atomic E-state index is 5.02. The lowest BCUT2D eigenvalue weighted by Crippen LogP contribution is -1.86. The summed E-state index contributed by atoms with van der Waals surface area (Å²) in [7, 11) is 1.72. The third kappa shape index (κ3) is 2.88. The Labute approximate surface area is 78.1 Å². The van der Waals surface area contributed by atoms with Gasteiger partial charge in [-0.25, -0.2) is 0 Å². The second-order valence-electron chi connectivity index (χ2n) is 2.51. The smallest absolute Gasteiger partial charge is 0.0713 e. The molecule has 0 unspecified atom stereocenters. The van der Waals surface area contributed by atoms with Gasteiger partial charge in [-0.3, -0.25) is 0 Å². The fourth-order valence-electron chi connectivity index (χ4n) is 1.02. The monoisotopic (exact) mass is 182 g/mol. The standard InChI is InChI=1S/C10H14OS/c1-3-12-10-6-4-9(5-7-10)8-11-2/h4-7H,3,8H2,1-2H3. The summed E-state index contributed by atoms with van der Waals surface area (Å²) >= 11 is 1.86. The van der Waals surface area contributed by atoms with Gasteiger partial charge in [0.15, 0.2) is 0 Å². The molecule has 66 valence electrons. The van der Waals surface area contributed by atoms with Crippen molar-refractivity contribution in [2.45, 2.75) is 18.4 Å². The van der Waals surface area contributed by atoms with E-state index >= 15 is 0 Å². The Bertz CT molecular complexity index is 193. The molecular weight excluding hydrogens is 168 g/mol. The van der Waals surface area contributed by atoms with E-state index in [1.807, 2.05) is 11.8 Å². The molecule has 0 aromatic heterocycles. The lowest BCUT2D eigenvalue weighted by atomic mass is 10.2. The van der Waals surface area contributed by atoms with Crippen molar-refractivity contribution in [2.75, 3.05) is 12.9 Å². The van der Waals surface area contributed by atoms with Gasteiger partial charge in [-0.2, -0.15) is 0 Å². The summed E-state index contributed by atoms with van der Waals surface area (Å²) in [6.07, 6.45) is 0. The van der Waals surface area contributed by atoms with E-state index < -0.39 is 0 Å². The molecule has 1 aromatic carbocycles. The first kappa shape index (κ1) is 9.62. The van der Waals surface area contributed by atoms with Gasteiger partial charge in [-0.05, 0) is 23.4 Å². The quantitative estimate of drug-likeness (QED) is 0.662. The van der Waals surface area contributed by atoms with E-state index in [0.29, 0.717) is 6.61 Å². The first-order chi connectivity index (χ1) is 5.86. The van der Waals surface area contributed by atoms with Gasteiger partial charge in [-0.15, -0.1) is 11.8 Å². The highest BCUT2D eigenvalue weighted by Gasteiger charge is 1.92. The van der Waals surface area contributed by atoms with Gasteiger partial charge in [-0.1, -0.05) is 19.1 Å². The molecule has 0 amide bonds. The van der Waals surface area contributed by atoms with Crippen LogP contribution in [-0.2, 0) is 11.3 Å². The minimum atomic E-state index is 0.705. The molecular formula is C10H14OS. The fourth-order valence-corrected chi connectivity index (χ4v) is 1.68. The summed E-state index contributed by atoms with van der Waals surface area (Å²) in [5.41, 5.74) is 1.23. The molecule has 0 saturated heterocycles. The molecule has 0 aliphatic heterocycles. The van der Waals surface area contributed by atoms with Crippen LogP contribution in [0, 0.1) is 0 Å². The number of benzene rings is 1. The summed E-state index contributed by atoms with van der Waals surface area (Å²) < 4.78 is 5.02. The Hall–Kier alpha value is -0.470. The average molecular weight is 182 g/mol. The number of hydrogen-bond acceptors (Lipinski definition) is 2. The molecule has 0 bridgehead atoms. The second kappa shape index (κ2) is 5.22. The summed E-state index contributed by atoms with van der Waals surface area (Å²) in [4.78, 5) is 1.33. The van der Waals surface area contributed by atoms with Gasteiger partial charge in [0.1, 0.15) is 0 Å². The van der Waals surface area contributed by atoms with E-state index in [4.69, 9.17) is 4.74 Å². The van der Waals surface area contributed by atoms with Crippen LogP contribution in [0.3, 0.4) is 0 Å². The SMILES string of the molecule is CCSc1ccc(COC)cc1. The van der Waals surface area contributed by atoms with Gasteiger partial charge in [0.25, 0.3) is 0 Å². The maximum atomic E-state index is 5.02. The predicted octanol–water partition coefficient (Wildman–Crippen LogP) is 2.95. The Kier molecular flexibility index (Phi) is 4.19. The Morgan fingerprint density at radius 2 is 1.92 bits per heavy atom. The molecule has 1 aromatic rings. The zero-order chi connectivity index (χ0) is 8.81. The normalized spacial score (nSPS) is 10.2. The summed E-state index contributed by atoms with van der Waals surface area (Å²) in [6, 6.07) is 8.51. The van der Waals surface area contributed by atoms with E-state index in [1.54, 1.807) is 7.11 Å². The topological polar surface area (TPSA) is 9.23 Å². The molecule has 1 nitrogen and oxygen atoms in total. The first-order valence-electron chi connectivity index (χ1n) is 4.07. The third-order valence-electron chi connectivity index (χ3n) is 1.55. The maximum Gasteiger partial charge on any atom is 0.0713 e. The largest absolute Gasteiger partial charge is 0.380 e. The van der Waals surface area contributed by atoms with Crippen molar-refractivity contribution >= 4 is 11.8 Å². The van der Waals surface area contributed by atoms with E-state index in [1.165, 1.54) is 10.5 Å². The van der Waals surface area contributed by atoms with Crippen LogP contribution in [0.4, 0.5) is 0 Å². The van der Waals surface area contributed by atoms with Crippen molar-refractivity contribution < 1.29 is 4.74 Å². The van der Waals surface area contributed by atoms with E-state index in [-0.39, 0.29) is 0 Å². The van der Waals surface area contributed by atoms with Crippen molar-refractivity contribution in [1.82, 2.24) is 0 Å². The molecule has 0 saturated carbocycles. The van der Waals surface area contributed by atoms with Gasteiger partial charge in [0.05, 0.1) is 6.61 Å². The van der Waals surface area contributed by atoms with Crippen LogP contribution in [0.5, 0.6) is 0 Å². The van der Waals surface area contributed by atoms with E-state index in [2.05, 4.69) is 31.2 Å². The summed E-state index contributed by atoms with van der Waals surface area (Å²) in [5, 5.41) is 0. The molecule has 12 heavy (non-hydrogen) atoms. The van der Waals surface area contributed by atoms with Gasteiger partial charge < -0.3 is 4.74 Å². The Balaban J connectivity index is 2.58. The lowest BCUT2D eigenvalue weighted by Gasteiger charge is -2.01. The van der Waals surface area contributed by atoms with Gasteiger partial charge in [0, 0.05) is 12.0 Å². The van der Waals surface area contributed by atoms with Crippen LogP contribution in [-0.4, -0.2) is 12.9 Å².